The first kappa shape index (κ1) is 20.5. The summed E-state index contributed by atoms with van der Waals surface area (Å²) in [5.41, 5.74) is -0.345. The van der Waals surface area contributed by atoms with Crippen LogP contribution >= 0.6 is 0 Å². The fourth-order valence-electron chi connectivity index (χ4n) is 3.68. The van der Waals surface area contributed by atoms with E-state index in [-0.39, 0.29) is 17.7 Å². The summed E-state index contributed by atoms with van der Waals surface area (Å²) in [5, 5.41) is 5.82. The topological polar surface area (TPSA) is 85.9 Å². The summed E-state index contributed by atoms with van der Waals surface area (Å²) in [6.45, 7) is 6.58. The number of rotatable bonds is 5. The van der Waals surface area contributed by atoms with Crippen LogP contribution in [0.4, 0.5) is 9.59 Å². The van der Waals surface area contributed by atoms with Crippen LogP contribution < -0.4 is 10.6 Å². The van der Waals surface area contributed by atoms with Gasteiger partial charge >= 0.3 is 12.2 Å². The third-order valence-corrected chi connectivity index (χ3v) is 5.31. The Morgan fingerprint density at radius 2 is 1.75 bits per heavy atom. The average Bonchev–Trinajstić information content (AvgIpc) is 2.66. The summed E-state index contributed by atoms with van der Waals surface area (Å²) in [7, 11) is 0. The van der Waals surface area contributed by atoms with Crippen LogP contribution in [0.3, 0.4) is 0 Å². The van der Waals surface area contributed by atoms with Gasteiger partial charge in [0.2, 0.25) is 0 Å². The maximum atomic E-state index is 12.2. The van der Waals surface area contributed by atoms with Crippen molar-refractivity contribution in [2.75, 3.05) is 13.2 Å². The molecule has 2 amide bonds. The summed E-state index contributed by atoms with van der Waals surface area (Å²) in [5.74, 6) is 0. The Hall–Kier alpha value is -2.28. The molecule has 0 aromatic heterocycles. The number of alkyl carbamates (subject to hydrolysis) is 2. The lowest BCUT2D eigenvalue weighted by Crippen LogP contribution is -2.65. The largest absolute Gasteiger partial charge is 0.445 e. The molecule has 2 N–H and O–H groups in total. The first-order valence-corrected chi connectivity index (χ1v) is 9.79. The molecule has 28 heavy (non-hydrogen) atoms. The number of carbonyl (C=O) groups is 2. The lowest BCUT2D eigenvalue weighted by atomic mass is 9.71. The SMILES string of the molecule is CC(C)(C)OC(=O)NCC12CCC(NC(=O)OCc3ccccc3)(CC1)CO2. The van der Waals surface area contributed by atoms with Crippen LogP contribution in [-0.2, 0) is 20.8 Å². The summed E-state index contributed by atoms with van der Waals surface area (Å²) in [4.78, 5) is 24.1. The molecule has 2 bridgehead atoms. The number of nitrogens with one attached hydrogen (secondary N) is 2. The molecule has 2 saturated heterocycles. The molecule has 4 rings (SSSR count). The fraction of sp³-hybridized carbons (Fsp3) is 0.619. The van der Waals surface area contributed by atoms with Crippen LogP contribution in [0.2, 0.25) is 0 Å². The van der Waals surface area contributed by atoms with Crippen molar-refractivity contribution in [2.24, 2.45) is 0 Å². The van der Waals surface area contributed by atoms with Crippen molar-refractivity contribution in [3.8, 4) is 0 Å². The first-order valence-electron chi connectivity index (χ1n) is 9.79. The number of carbonyl (C=O) groups excluding carboxylic acids is 2. The molecule has 1 aromatic carbocycles. The van der Waals surface area contributed by atoms with E-state index in [1.807, 2.05) is 51.1 Å². The number of fused-ring (bicyclic) bond motifs is 3. The number of ether oxygens (including phenoxy) is 3. The van der Waals surface area contributed by atoms with Gasteiger partial charge in [0.15, 0.2) is 0 Å². The van der Waals surface area contributed by atoms with Gasteiger partial charge in [0.25, 0.3) is 0 Å². The van der Waals surface area contributed by atoms with Gasteiger partial charge in [-0.05, 0) is 52.0 Å². The summed E-state index contributed by atoms with van der Waals surface area (Å²) >= 11 is 0. The van der Waals surface area contributed by atoms with E-state index in [0.717, 1.165) is 31.2 Å². The number of amides is 2. The van der Waals surface area contributed by atoms with Crippen molar-refractivity contribution in [2.45, 2.75) is 69.8 Å². The predicted molar refractivity (Wildman–Crippen MR) is 104 cm³/mol. The molecule has 0 atom stereocenters. The molecule has 2 heterocycles. The average molecular weight is 390 g/mol. The Balaban J connectivity index is 1.44. The van der Waals surface area contributed by atoms with Crippen molar-refractivity contribution in [3.63, 3.8) is 0 Å². The van der Waals surface area contributed by atoms with Crippen molar-refractivity contribution < 1.29 is 23.8 Å². The highest BCUT2D eigenvalue weighted by atomic mass is 16.6. The Bertz CT molecular complexity index is 674. The second-order valence-corrected chi connectivity index (χ2v) is 8.79. The van der Waals surface area contributed by atoms with Gasteiger partial charge in [-0.3, -0.25) is 0 Å². The molecule has 0 unspecified atom stereocenters. The Morgan fingerprint density at radius 3 is 2.32 bits per heavy atom. The zero-order valence-electron chi connectivity index (χ0n) is 16.9. The molecule has 1 saturated carbocycles. The van der Waals surface area contributed by atoms with Crippen LogP contribution in [0.15, 0.2) is 30.3 Å². The first-order chi connectivity index (χ1) is 13.2. The molecule has 154 valence electrons. The zero-order valence-corrected chi connectivity index (χ0v) is 16.9. The molecule has 3 fully saturated rings. The van der Waals surface area contributed by atoms with E-state index >= 15 is 0 Å². The minimum atomic E-state index is -0.527. The Labute approximate surface area is 166 Å². The maximum absolute atomic E-state index is 12.2. The minimum Gasteiger partial charge on any atom is -0.445 e. The Kier molecular flexibility index (Phi) is 5.84. The molecule has 3 aliphatic rings. The molecule has 1 aliphatic carbocycles. The van der Waals surface area contributed by atoms with Gasteiger partial charge in [0.05, 0.1) is 17.7 Å². The van der Waals surface area contributed by atoms with E-state index in [1.54, 1.807) is 0 Å². The predicted octanol–water partition coefficient (Wildman–Crippen LogP) is 3.52. The second kappa shape index (κ2) is 7.99. The quantitative estimate of drug-likeness (QED) is 0.803. The third kappa shape index (κ3) is 5.38. The molecular formula is C21H30N2O5. The van der Waals surface area contributed by atoms with Gasteiger partial charge in [0.1, 0.15) is 12.2 Å². The standard InChI is InChI=1S/C21H30N2O5/c1-19(2,3)28-17(24)22-14-21-11-9-20(10-12-21,15-27-21)23-18(25)26-13-16-7-5-4-6-8-16/h4-8H,9-15H2,1-3H3,(H,22,24)(H,23,25). The molecular weight excluding hydrogens is 360 g/mol. The maximum Gasteiger partial charge on any atom is 0.407 e. The monoisotopic (exact) mass is 390 g/mol. The minimum absolute atomic E-state index is 0.243. The normalized spacial score (nSPS) is 26.4. The van der Waals surface area contributed by atoms with Crippen molar-refractivity contribution >= 4 is 12.2 Å². The van der Waals surface area contributed by atoms with Crippen molar-refractivity contribution in [1.82, 2.24) is 10.6 Å². The number of benzene rings is 1. The summed E-state index contributed by atoms with van der Waals surface area (Å²) < 4.78 is 16.7. The fourth-order valence-corrected chi connectivity index (χ4v) is 3.68. The van der Waals surface area contributed by atoms with E-state index in [2.05, 4.69) is 10.6 Å². The number of hydrogen-bond donors (Lipinski definition) is 2. The van der Waals surface area contributed by atoms with Gasteiger partial charge in [-0.15, -0.1) is 0 Å². The molecule has 7 nitrogen and oxygen atoms in total. The van der Waals surface area contributed by atoms with Crippen LogP contribution in [0.5, 0.6) is 0 Å². The van der Waals surface area contributed by atoms with E-state index in [9.17, 15) is 9.59 Å². The van der Waals surface area contributed by atoms with E-state index in [4.69, 9.17) is 14.2 Å². The Morgan fingerprint density at radius 1 is 1.07 bits per heavy atom. The molecule has 7 heteroatoms. The smallest absolute Gasteiger partial charge is 0.407 e. The van der Waals surface area contributed by atoms with Crippen LogP contribution in [0, 0.1) is 0 Å². The van der Waals surface area contributed by atoms with Gasteiger partial charge in [-0.1, -0.05) is 30.3 Å². The molecule has 0 spiro atoms. The van der Waals surface area contributed by atoms with E-state index in [0.29, 0.717) is 13.2 Å². The van der Waals surface area contributed by atoms with E-state index in [1.165, 1.54) is 0 Å². The van der Waals surface area contributed by atoms with Gasteiger partial charge in [-0.2, -0.15) is 0 Å². The summed E-state index contributed by atoms with van der Waals surface area (Å²) in [6.07, 6.45) is 2.26. The second-order valence-electron chi connectivity index (χ2n) is 8.79. The third-order valence-electron chi connectivity index (χ3n) is 5.31. The van der Waals surface area contributed by atoms with Crippen molar-refractivity contribution in [3.05, 3.63) is 35.9 Å². The zero-order chi connectivity index (χ0) is 20.3. The molecule has 0 radical (unpaired) electrons. The highest BCUT2D eigenvalue weighted by molar-refractivity contribution is 5.69. The van der Waals surface area contributed by atoms with Gasteiger partial charge < -0.3 is 24.8 Å². The highest BCUT2D eigenvalue weighted by Gasteiger charge is 2.50. The van der Waals surface area contributed by atoms with Crippen LogP contribution in [-0.4, -0.2) is 42.1 Å². The van der Waals surface area contributed by atoms with Crippen molar-refractivity contribution in [1.29, 1.82) is 0 Å². The van der Waals surface area contributed by atoms with Crippen LogP contribution in [0.25, 0.3) is 0 Å². The molecule has 2 aliphatic heterocycles. The van der Waals surface area contributed by atoms with Gasteiger partial charge in [-0.25, -0.2) is 9.59 Å². The molecule has 1 aromatic rings. The van der Waals surface area contributed by atoms with E-state index < -0.39 is 17.8 Å². The number of hydrogen-bond acceptors (Lipinski definition) is 5. The summed E-state index contributed by atoms with van der Waals surface area (Å²) in [6, 6.07) is 9.59. The van der Waals surface area contributed by atoms with Gasteiger partial charge in [0, 0.05) is 6.54 Å². The lowest BCUT2D eigenvalue weighted by molar-refractivity contribution is -0.157. The lowest BCUT2D eigenvalue weighted by Gasteiger charge is -2.53. The highest BCUT2D eigenvalue weighted by Crippen LogP contribution is 2.43. The van der Waals surface area contributed by atoms with Crippen LogP contribution in [0.1, 0.15) is 52.0 Å².